The maximum absolute atomic E-state index is 11.1. The van der Waals surface area contributed by atoms with Gasteiger partial charge in [-0.15, -0.1) is 0 Å². The zero-order chi connectivity index (χ0) is 13.9. The summed E-state index contributed by atoms with van der Waals surface area (Å²) in [6.45, 7) is 2.52. The van der Waals surface area contributed by atoms with E-state index in [1.165, 1.54) is 32.0 Å². The lowest BCUT2D eigenvalue weighted by Crippen LogP contribution is -2.17. The van der Waals surface area contributed by atoms with Crippen molar-refractivity contribution < 1.29 is 19.6 Å². The van der Waals surface area contributed by atoms with Crippen LogP contribution in [0.15, 0.2) is 18.2 Å². The number of hydrogen-bond donors (Lipinski definition) is 2. The van der Waals surface area contributed by atoms with Crippen molar-refractivity contribution in [1.82, 2.24) is 0 Å². The molecule has 7 heteroatoms. The third kappa shape index (κ3) is 2.82. The molecule has 0 spiro atoms. The normalized spacial score (nSPS) is 11.7. The number of aromatic carboxylic acids is 1. The van der Waals surface area contributed by atoms with Gasteiger partial charge in [0.25, 0.3) is 0 Å². The zero-order valence-electron chi connectivity index (χ0n) is 9.84. The first-order valence-electron chi connectivity index (χ1n) is 5.12. The summed E-state index contributed by atoms with van der Waals surface area (Å²) in [4.78, 5) is 32.3. The van der Waals surface area contributed by atoms with Crippen LogP contribution in [0.1, 0.15) is 35.8 Å². The highest BCUT2D eigenvalue weighted by Crippen LogP contribution is 2.28. The van der Waals surface area contributed by atoms with Gasteiger partial charge < -0.3 is 10.4 Å². The summed E-state index contributed by atoms with van der Waals surface area (Å²) in [6, 6.07) is 2.90. The van der Waals surface area contributed by atoms with Gasteiger partial charge in [0, 0.05) is 18.8 Å². The summed E-state index contributed by atoms with van der Waals surface area (Å²) in [5, 5.41) is 22.2. The highest BCUT2D eigenvalue weighted by Gasteiger charge is 2.26. The lowest BCUT2D eigenvalue weighted by atomic mass is 9.99. The van der Waals surface area contributed by atoms with Crippen molar-refractivity contribution in [2.75, 3.05) is 5.32 Å². The van der Waals surface area contributed by atoms with Gasteiger partial charge in [-0.1, -0.05) is 6.07 Å². The van der Waals surface area contributed by atoms with Crippen molar-refractivity contribution >= 4 is 17.6 Å². The number of nitro groups is 1. The van der Waals surface area contributed by atoms with Crippen LogP contribution in [0.3, 0.4) is 0 Å². The molecular weight excluding hydrogens is 240 g/mol. The molecule has 0 saturated heterocycles. The SMILES string of the molecule is CC(=O)Nc1cccc(C(=O)O)c1C(C)[N+](=O)[O-]. The molecule has 0 bridgehead atoms. The topological polar surface area (TPSA) is 110 Å². The molecule has 0 fully saturated rings. The minimum Gasteiger partial charge on any atom is -0.478 e. The van der Waals surface area contributed by atoms with E-state index in [1.54, 1.807) is 0 Å². The van der Waals surface area contributed by atoms with Crippen LogP contribution in [0, 0.1) is 10.1 Å². The standard InChI is InChI=1S/C11H12N2O5/c1-6(13(17)18)10-8(11(15)16)4-3-5-9(10)12-7(2)14/h3-6H,1-2H3,(H,12,14)(H,15,16). The number of carbonyl (C=O) groups excluding carboxylic acids is 1. The molecule has 18 heavy (non-hydrogen) atoms. The number of carboxylic acid groups (broad SMARTS) is 1. The van der Waals surface area contributed by atoms with E-state index >= 15 is 0 Å². The molecule has 0 aromatic heterocycles. The van der Waals surface area contributed by atoms with Gasteiger partial charge in [0.2, 0.25) is 11.9 Å². The molecule has 1 aromatic carbocycles. The van der Waals surface area contributed by atoms with Gasteiger partial charge in [-0.25, -0.2) is 4.79 Å². The van der Waals surface area contributed by atoms with E-state index in [4.69, 9.17) is 5.11 Å². The minimum atomic E-state index is -1.27. The summed E-state index contributed by atoms with van der Waals surface area (Å²) < 4.78 is 0. The monoisotopic (exact) mass is 252 g/mol. The van der Waals surface area contributed by atoms with Crippen molar-refractivity contribution in [3.05, 3.63) is 39.4 Å². The third-order valence-electron chi connectivity index (χ3n) is 2.38. The Morgan fingerprint density at radius 1 is 1.44 bits per heavy atom. The summed E-state index contributed by atoms with van der Waals surface area (Å²) in [5.41, 5.74) is -0.0535. The van der Waals surface area contributed by atoms with E-state index < -0.39 is 22.8 Å². The van der Waals surface area contributed by atoms with E-state index in [0.29, 0.717) is 0 Å². The number of hydrogen-bond acceptors (Lipinski definition) is 4. The Kier molecular flexibility index (Phi) is 3.98. The number of anilines is 1. The van der Waals surface area contributed by atoms with Crippen LogP contribution < -0.4 is 5.32 Å². The molecule has 1 rings (SSSR count). The van der Waals surface area contributed by atoms with Crippen LogP contribution in [0.5, 0.6) is 0 Å². The number of rotatable bonds is 4. The van der Waals surface area contributed by atoms with Gasteiger partial charge in [-0.2, -0.15) is 0 Å². The summed E-state index contributed by atoms with van der Waals surface area (Å²) >= 11 is 0. The molecule has 0 heterocycles. The van der Waals surface area contributed by atoms with Gasteiger partial charge in [0.05, 0.1) is 16.8 Å². The molecule has 0 radical (unpaired) electrons. The molecule has 0 aliphatic rings. The van der Waals surface area contributed by atoms with Crippen LogP contribution in [0.25, 0.3) is 0 Å². The van der Waals surface area contributed by atoms with Gasteiger partial charge in [-0.3, -0.25) is 14.9 Å². The number of nitrogens with zero attached hydrogens (tertiary/aromatic N) is 1. The van der Waals surface area contributed by atoms with E-state index in [-0.39, 0.29) is 16.8 Å². The van der Waals surface area contributed by atoms with Crippen molar-refractivity contribution in [1.29, 1.82) is 0 Å². The summed E-state index contributed by atoms with van der Waals surface area (Å²) in [5.74, 6) is -1.69. The Bertz CT molecular complexity index is 512. The fourth-order valence-electron chi connectivity index (χ4n) is 1.61. The molecular formula is C11H12N2O5. The van der Waals surface area contributed by atoms with Crippen molar-refractivity contribution in [2.24, 2.45) is 0 Å². The molecule has 2 N–H and O–H groups in total. The van der Waals surface area contributed by atoms with Gasteiger partial charge in [0.15, 0.2) is 0 Å². The Labute approximate surface area is 103 Å². The smallest absolute Gasteiger partial charge is 0.336 e. The van der Waals surface area contributed by atoms with E-state index in [2.05, 4.69) is 5.32 Å². The molecule has 1 atom stereocenters. The second-order valence-corrected chi connectivity index (χ2v) is 3.71. The predicted octanol–water partition coefficient (Wildman–Crippen LogP) is 1.68. The highest BCUT2D eigenvalue weighted by atomic mass is 16.6. The number of benzene rings is 1. The molecule has 0 aliphatic heterocycles. The second kappa shape index (κ2) is 5.26. The first-order chi connectivity index (χ1) is 8.34. The summed E-state index contributed by atoms with van der Waals surface area (Å²) in [6.07, 6.45) is 0. The average Bonchev–Trinajstić information content (AvgIpc) is 2.26. The summed E-state index contributed by atoms with van der Waals surface area (Å²) in [7, 11) is 0. The van der Waals surface area contributed by atoms with Gasteiger partial charge in [-0.05, 0) is 12.1 Å². The number of amides is 1. The molecule has 96 valence electrons. The number of carboxylic acids is 1. The maximum Gasteiger partial charge on any atom is 0.336 e. The molecule has 0 aliphatic carbocycles. The zero-order valence-corrected chi connectivity index (χ0v) is 9.84. The van der Waals surface area contributed by atoms with Gasteiger partial charge in [0.1, 0.15) is 0 Å². The van der Waals surface area contributed by atoms with Crippen LogP contribution in [0.2, 0.25) is 0 Å². The average molecular weight is 252 g/mol. The predicted molar refractivity (Wildman–Crippen MR) is 63.1 cm³/mol. The van der Waals surface area contributed by atoms with E-state index in [1.807, 2.05) is 0 Å². The van der Waals surface area contributed by atoms with Crippen LogP contribution in [-0.4, -0.2) is 21.9 Å². The van der Waals surface area contributed by atoms with Crippen LogP contribution >= 0.6 is 0 Å². The van der Waals surface area contributed by atoms with E-state index in [9.17, 15) is 19.7 Å². The Hall–Kier alpha value is -2.44. The van der Waals surface area contributed by atoms with Gasteiger partial charge >= 0.3 is 5.97 Å². The van der Waals surface area contributed by atoms with E-state index in [0.717, 1.165) is 0 Å². The molecule has 7 nitrogen and oxygen atoms in total. The first-order valence-corrected chi connectivity index (χ1v) is 5.12. The number of nitrogens with one attached hydrogen (secondary N) is 1. The fourth-order valence-corrected chi connectivity index (χ4v) is 1.61. The van der Waals surface area contributed by atoms with Crippen LogP contribution in [-0.2, 0) is 4.79 Å². The Morgan fingerprint density at radius 2 is 2.06 bits per heavy atom. The lowest BCUT2D eigenvalue weighted by Gasteiger charge is -2.13. The third-order valence-corrected chi connectivity index (χ3v) is 2.38. The minimum absolute atomic E-state index is 0.00907. The Balaban J connectivity index is 3.42. The molecule has 1 aromatic rings. The largest absolute Gasteiger partial charge is 0.478 e. The molecule has 1 amide bonds. The Morgan fingerprint density at radius 3 is 2.50 bits per heavy atom. The van der Waals surface area contributed by atoms with Crippen molar-refractivity contribution in [2.45, 2.75) is 19.9 Å². The van der Waals surface area contributed by atoms with Crippen molar-refractivity contribution in [3.63, 3.8) is 0 Å². The van der Waals surface area contributed by atoms with Crippen LogP contribution in [0.4, 0.5) is 5.69 Å². The van der Waals surface area contributed by atoms with Crippen molar-refractivity contribution in [3.8, 4) is 0 Å². The highest BCUT2D eigenvalue weighted by molar-refractivity contribution is 5.95. The first kappa shape index (κ1) is 13.6. The lowest BCUT2D eigenvalue weighted by molar-refractivity contribution is -0.524. The fraction of sp³-hybridized carbons (Fsp3) is 0.273. The molecule has 0 saturated carbocycles. The molecule has 1 unspecified atom stereocenters. The quantitative estimate of drug-likeness (QED) is 0.625. The number of carbonyl (C=O) groups is 2. The second-order valence-electron chi connectivity index (χ2n) is 3.71. The maximum atomic E-state index is 11.1.